The van der Waals surface area contributed by atoms with Crippen LogP contribution in [0.3, 0.4) is 0 Å². The maximum Gasteiger partial charge on any atom is 0.328 e. The second-order valence-electron chi connectivity index (χ2n) is 30.7. The molecule has 18 atom stereocenters. The largest absolute Gasteiger partial charge is 0.469 e. The predicted molar refractivity (Wildman–Crippen MR) is 338 cm³/mol. The van der Waals surface area contributed by atoms with Gasteiger partial charge in [0, 0.05) is 58.9 Å². The molecule has 13 rings (SSSR count). The number of hydrogen-bond acceptors (Lipinski definition) is 13. The van der Waals surface area contributed by atoms with Gasteiger partial charge in [0.05, 0.1) is 26.6 Å². The first-order chi connectivity index (χ1) is 42.3. The Bertz CT molecular complexity index is 3190. The van der Waals surface area contributed by atoms with Gasteiger partial charge in [-0.3, -0.25) is 19.2 Å². The number of aromatic nitrogens is 7. The van der Waals surface area contributed by atoms with Crippen LogP contribution in [0.15, 0.2) is 48.8 Å². The van der Waals surface area contributed by atoms with Gasteiger partial charge >= 0.3 is 23.9 Å². The zero-order valence-corrected chi connectivity index (χ0v) is 54.1. The van der Waals surface area contributed by atoms with Crippen molar-refractivity contribution in [1.29, 1.82) is 0 Å². The van der Waals surface area contributed by atoms with E-state index in [9.17, 15) is 19.2 Å². The molecule has 8 unspecified atom stereocenters. The van der Waals surface area contributed by atoms with E-state index in [0.29, 0.717) is 83.7 Å². The van der Waals surface area contributed by atoms with Crippen LogP contribution in [0.5, 0.6) is 0 Å². The van der Waals surface area contributed by atoms with Crippen molar-refractivity contribution in [3.63, 3.8) is 0 Å². The molecular weight excluding hydrogens is 1100 g/mol. The van der Waals surface area contributed by atoms with E-state index in [1.165, 1.54) is 91.3 Å². The number of hydrogen-bond donors (Lipinski definition) is 1. The standard InChI is InChI=1S/C72H100N8O8/c1-43(9-23-65(81)85-7)55-19-21-57-53-17-13-47-37-49(25-29-69(47,3)59(53)27-31-71(55,57)5)87-67(83)41-78-39-61(74-76-78)45-11-15-51-52-16-12-46(36-64(52)80(34-33-73)63(51)35-45)62-40-79(77-75-62)42-68(84)88-50-26-30-70(4)48(38-50)14-18-54-58-22-20-56(44(2)10-24-66(82)86-8)72(58,6)32-28-60(54)70/h11-12,15-16,35-36,39-40,43-44,47-50,53-60H,9-10,13-14,17-34,37-38,41-42,73H2,1-8H3/t43-,44-,47-,48-,49-,50-,53+,54+,55?,56?,57+,58+,59?,60?,69?,70?,71?,72?/m1/s1. The lowest BCUT2D eigenvalue weighted by atomic mass is 9.44. The third-order valence-electron chi connectivity index (χ3n) is 26.9. The number of benzene rings is 2. The minimum absolute atomic E-state index is 0.00620. The van der Waals surface area contributed by atoms with Crippen LogP contribution >= 0.6 is 0 Å². The number of ether oxygens (including phenoxy) is 4. The summed E-state index contributed by atoms with van der Waals surface area (Å²) in [4.78, 5) is 51.3. The van der Waals surface area contributed by atoms with Gasteiger partial charge in [0.25, 0.3) is 0 Å². The first-order valence-corrected chi connectivity index (χ1v) is 34.4. The number of carbonyl (C=O) groups is 4. The quantitative estimate of drug-likeness (QED) is 0.0643. The van der Waals surface area contributed by atoms with E-state index >= 15 is 0 Å². The molecule has 0 radical (unpaired) electrons. The summed E-state index contributed by atoms with van der Waals surface area (Å²) in [5.74, 6) is 7.28. The average Bonchev–Trinajstić information content (AvgIpc) is 1.26. The molecule has 8 aliphatic rings. The van der Waals surface area contributed by atoms with Crippen LogP contribution in [0.2, 0.25) is 0 Å². The molecule has 3 aromatic heterocycles. The Hall–Kier alpha value is -5.64. The third-order valence-corrected chi connectivity index (χ3v) is 26.9. The smallest absolute Gasteiger partial charge is 0.328 e. The molecule has 0 bridgehead atoms. The Morgan fingerprint density at radius 2 is 0.966 bits per heavy atom. The molecule has 8 fully saturated rings. The first-order valence-electron chi connectivity index (χ1n) is 34.4. The van der Waals surface area contributed by atoms with Gasteiger partial charge in [-0.05, 0) is 233 Å². The van der Waals surface area contributed by atoms with E-state index in [-0.39, 0.29) is 60.0 Å². The Morgan fingerprint density at radius 1 is 0.545 bits per heavy atom. The van der Waals surface area contributed by atoms with E-state index in [2.05, 4.69) is 103 Å². The van der Waals surface area contributed by atoms with Gasteiger partial charge in [0.1, 0.15) is 36.7 Å². The van der Waals surface area contributed by atoms with Gasteiger partial charge in [-0.15, -0.1) is 10.2 Å². The van der Waals surface area contributed by atoms with Crippen molar-refractivity contribution in [2.75, 3.05) is 20.8 Å². The maximum absolute atomic E-state index is 13.6. The van der Waals surface area contributed by atoms with Gasteiger partial charge in [-0.2, -0.15) is 0 Å². The van der Waals surface area contributed by atoms with Gasteiger partial charge < -0.3 is 29.2 Å². The molecule has 0 amide bonds. The summed E-state index contributed by atoms with van der Waals surface area (Å²) in [5, 5.41) is 20.1. The second kappa shape index (κ2) is 24.2. The van der Waals surface area contributed by atoms with Crippen molar-refractivity contribution in [2.24, 2.45) is 98.4 Å². The second-order valence-corrected chi connectivity index (χ2v) is 30.7. The molecule has 2 aromatic carbocycles. The molecule has 8 aliphatic carbocycles. The molecule has 0 spiro atoms. The number of rotatable bonds is 18. The first kappa shape index (κ1) is 61.2. The number of nitrogens with two attached hydrogens (primary N) is 1. The molecule has 2 N–H and O–H groups in total. The molecule has 8 saturated carbocycles. The Kier molecular flexibility index (Phi) is 16.8. The van der Waals surface area contributed by atoms with Crippen LogP contribution in [0.4, 0.5) is 0 Å². The molecule has 88 heavy (non-hydrogen) atoms. The lowest BCUT2D eigenvalue weighted by Crippen LogP contribution is -2.54. The van der Waals surface area contributed by atoms with Crippen LogP contribution in [0.25, 0.3) is 44.3 Å². The van der Waals surface area contributed by atoms with Crippen molar-refractivity contribution in [2.45, 2.75) is 215 Å². The summed E-state index contributed by atoms with van der Waals surface area (Å²) in [6.45, 7) is 16.1. The third kappa shape index (κ3) is 10.9. The highest BCUT2D eigenvalue weighted by atomic mass is 16.6. The van der Waals surface area contributed by atoms with Gasteiger partial charge in [0.2, 0.25) is 0 Å². The number of nitrogens with zero attached hydrogens (tertiary/aromatic N) is 7. The Labute approximate surface area is 521 Å². The minimum Gasteiger partial charge on any atom is -0.469 e. The molecule has 0 aliphatic heterocycles. The zero-order chi connectivity index (χ0) is 61.4. The van der Waals surface area contributed by atoms with E-state index in [0.717, 1.165) is 120 Å². The fraction of sp³-hybridized carbons (Fsp3) is 0.722. The number of carbonyl (C=O) groups excluding carboxylic acids is 4. The topological polar surface area (TPSA) is 198 Å². The fourth-order valence-electron chi connectivity index (χ4n) is 22.4. The lowest BCUT2D eigenvalue weighted by Gasteiger charge is -2.61. The van der Waals surface area contributed by atoms with Crippen LogP contribution in [0.1, 0.15) is 183 Å². The van der Waals surface area contributed by atoms with E-state index in [1.54, 1.807) is 9.36 Å². The molecular formula is C72H100N8O8. The maximum atomic E-state index is 13.6. The highest BCUT2D eigenvalue weighted by Crippen LogP contribution is 2.70. The lowest BCUT2D eigenvalue weighted by molar-refractivity contribution is -0.164. The van der Waals surface area contributed by atoms with Crippen molar-refractivity contribution >= 4 is 45.7 Å². The van der Waals surface area contributed by atoms with Crippen molar-refractivity contribution in [3.8, 4) is 22.5 Å². The summed E-state index contributed by atoms with van der Waals surface area (Å²) < 4.78 is 28.0. The van der Waals surface area contributed by atoms with Crippen molar-refractivity contribution in [1.82, 2.24) is 34.6 Å². The average molecular weight is 1210 g/mol. The zero-order valence-electron chi connectivity index (χ0n) is 54.1. The molecule has 0 saturated heterocycles. The summed E-state index contributed by atoms with van der Waals surface area (Å²) >= 11 is 0. The Morgan fingerprint density at radius 3 is 1.39 bits per heavy atom. The number of esters is 4. The molecule has 16 heteroatoms. The van der Waals surface area contributed by atoms with Crippen LogP contribution in [0, 0.1) is 92.7 Å². The summed E-state index contributed by atoms with van der Waals surface area (Å²) in [6.07, 6.45) is 27.6. The summed E-state index contributed by atoms with van der Waals surface area (Å²) in [5.41, 5.74) is 12.7. The minimum atomic E-state index is -0.267. The van der Waals surface area contributed by atoms with Gasteiger partial charge in [0.15, 0.2) is 0 Å². The van der Waals surface area contributed by atoms with Crippen LogP contribution in [-0.2, 0) is 57.8 Å². The van der Waals surface area contributed by atoms with E-state index in [4.69, 9.17) is 24.7 Å². The number of fused-ring (bicyclic) bond motifs is 13. The predicted octanol–water partition coefficient (Wildman–Crippen LogP) is 13.6. The van der Waals surface area contributed by atoms with Crippen LogP contribution in [-0.4, -0.2) is 91.4 Å². The SMILES string of the molecule is COC(=O)CC[C@@H](C)C1CC[C@H]2[C@@H]3CC[C@@H]4C[C@H](OC(=O)Cn5cc(-c6ccc7c8ccc(-c9cn(CC(=O)O[C@@H]%10CCC%11(C)C%12CCC%13(C)C([C@H](C)CCC(=O)OC)CC[C@H]%13[C@@H]%12CC[C@@H]%11C%10)nn9)cc8n(CCN)c7c6)nn5)CCC4(C)C3CCC12C. The van der Waals surface area contributed by atoms with Crippen molar-refractivity contribution < 1.29 is 38.1 Å². The molecule has 476 valence electrons. The summed E-state index contributed by atoms with van der Waals surface area (Å²) in [6, 6.07) is 12.6. The van der Waals surface area contributed by atoms with E-state index in [1.807, 2.05) is 12.4 Å². The normalized spacial score (nSPS) is 35.6. The highest BCUT2D eigenvalue weighted by Gasteiger charge is 2.63. The van der Waals surface area contributed by atoms with Gasteiger partial charge in [-0.25, -0.2) is 9.36 Å². The van der Waals surface area contributed by atoms with Gasteiger partial charge in [-0.1, -0.05) is 76.2 Å². The molecule has 5 aromatic rings. The molecule has 16 nitrogen and oxygen atoms in total. The van der Waals surface area contributed by atoms with Crippen LogP contribution < -0.4 is 5.73 Å². The fourth-order valence-corrected chi connectivity index (χ4v) is 22.4. The van der Waals surface area contributed by atoms with E-state index < -0.39 is 0 Å². The Balaban J connectivity index is 0.602. The number of methoxy groups -OCH3 is 2. The summed E-state index contributed by atoms with van der Waals surface area (Å²) in [7, 11) is 2.99. The van der Waals surface area contributed by atoms with Crippen molar-refractivity contribution in [3.05, 3.63) is 48.8 Å². The monoisotopic (exact) mass is 1200 g/mol. The highest BCUT2D eigenvalue weighted by molar-refractivity contribution is 6.10. The molecule has 3 heterocycles.